The van der Waals surface area contributed by atoms with Gasteiger partial charge in [-0.3, -0.25) is 14.5 Å². The second-order valence-electron chi connectivity index (χ2n) is 6.91. The number of nitrogens with one attached hydrogen (secondary N) is 2. The number of anilines is 2. The zero-order chi connectivity index (χ0) is 20.1. The number of halogens is 1. The predicted molar refractivity (Wildman–Crippen MR) is 106 cm³/mol. The first-order valence-corrected chi connectivity index (χ1v) is 8.81. The number of carbonyl (C=O) groups excluding carboxylic acids is 2. The van der Waals surface area contributed by atoms with Crippen LogP contribution in [0.15, 0.2) is 36.4 Å². The van der Waals surface area contributed by atoms with E-state index >= 15 is 0 Å². The quantitative estimate of drug-likeness (QED) is 0.815. The zero-order valence-electron chi connectivity index (χ0n) is 16.4. The van der Waals surface area contributed by atoms with E-state index in [9.17, 15) is 14.0 Å². The van der Waals surface area contributed by atoms with Crippen molar-refractivity contribution < 1.29 is 14.0 Å². The molecule has 0 bridgehead atoms. The smallest absolute Gasteiger partial charge is 0.241 e. The summed E-state index contributed by atoms with van der Waals surface area (Å²) in [5.74, 6) is -0.815. The third-order valence-electron chi connectivity index (χ3n) is 4.49. The Bertz CT molecular complexity index is 811. The second kappa shape index (κ2) is 8.77. The van der Waals surface area contributed by atoms with E-state index in [1.807, 2.05) is 32.9 Å². The van der Waals surface area contributed by atoms with Gasteiger partial charge < -0.3 is 10.6 Å². The van der Waals surface area contributed by atoms with Crippen LogP contribution in [0, 0.1) is 26.6 Å². The van der Waals surface area contributed by atoms with Gasteiger partial charge in [0.15, 0.2) is 0 Å². The number of likely N-dealkylation sites (N-methyl/N-ethyl adjacent to an activating group) is 1. The first-order chi connectivity index (χ1) is 12.7. The van der Waals surface area contributed by atoms with Crippen molar-refractivity contribution in [1.29, 1.82) is 0 Å². The van der Waals surface area contributed by atoms with Crippen LogP contribution >= 0.6 is 0 Å². The molecule has 6 heteroatoms. The maximum atomic E-state index is 12.9. The van der Waals surface area contributed by atoms with Gasteiger partial charge in [0, 0.05) is 11.4 Å². The van der Waals surface area contributed by atoms with Crippen LogP contribution in [0.25, 0.3) is 0 Å². The van der Waals surface area contributed by atoms with Gasteiger partial charge in [-0.25, -0.2) is 4.39 Å². The Morgan fingerprint density at radius 3 is 2.15 bits per heavy atom. The maximum Gasteiger partial charge on any atom is 0.241 e. The summed E-state index contributed by atoms with van der Waals surface area (Å²) in [5, 5.41) is 5.65. The first-order valence-electron chi connectivity index (χ1n) is 8.81. The van der Waals surface area contributed by atoms with E-state index in [0.29, 0.717) is 5.69 Å². The fourth-order valence-corrected chi connectivity index (χ4v) is 2.90. The van der Waals surface area contributed by atoms with Crippen molar-refractivity contribution in [1.82, 2.24) is 4.90 Å². The number of aryl methyl sites for hydroxylation is 3. The molecule has 2 rings (SSSR count). The largest absolute Gasteiger partial charge is 0.325 e. The molecule has 0 aliphatic rings. The standard InChI is InChI=1S/C21H26FN3O2/c1-13-10-14(2)20(15(3)11-13)24-19(26)12-25(5)16(4)21(27)23-18-8-6-17(22)7-9-18/h6-11,16H,12H2,1-5H3,(H,23,27)(H,24,26)/t16-/m1/s1. The number of rotatable bonds is 6. The van der Waals surface area contributed by atoms with Gasteiger partial charge in [-0.05, 0) is 70.1 Å². The zero-order valence-corrected chi connectivity index (χ0v) is 16.4. The molecule has 0 fully saturated rings. The third kappa shape index (κ3) is 5.62. The van der Waals surface area contributed by atoms with E-state index in [4.69, 9.17) is 0 Å². The van der Waals surface area contributed by atoms with Gasteiger partial charge in [-0.2, -0.15) is 0 Å². The Balaban J connectivity index is 1.95. The molecule has 27 heavy (non-hydrogen) atoms. The summed E-state index contributed by atoms with van der Waals surface area (Å²) in [7, 11) is 1.71. The Morgan fingerprint density at radius 1 is 1.04 bits per heavy atom. The van der Waals surface area contributed by atoms with Gasteiger partial charge in [0.05, 0.1) is 12.6 Å². The molecule has 5 nitrogen and oxygen atoms in total. The Labute approximate surface area is 159 Å². The van der Waals surface area contributed by atoms with Crippen molar-refractivity contribution in [3.8, 4) is 0 Å². The van der Waals surface area contributed by atoms with E-state index in [0.717, 1.165) is 22.4 Å². The molecule has 0 aliphatic carbocycles. The van der Waals surface area contributed by atoms with Crippen molar-refractivity contribution in [3.63, 3.8) is 0 Å². The molecule has 1 atom stereocenters. The highest BCUT2D eigenvalue weighted by molar-refractivity contribution is 5.96. The number of hydrogen-bond acceptors (Lipinski definition) is 3. The minimum Gasteiger partial charge on any atom is -0.325 e. The third-order valence-corrected chi connectivity index (χ3v) is 4.49. The maximum absolute atomic E-state index is 12.9. The van der Waals surface area contributed by atoms with Crippen molar-refractivity contribution >= 4 is 23.2 Å². The van der Waals surface area contributed by atoms with Gasteiger partial charge in [0.25, 0.3) is 0 Å². The lowest BCUT2D eigenvalue weighted by molar-refractivity contribution is -0.122. The van der Waals surface area contributed by atoms with Crippen molar-refractivity contribution in [2.45, 2.75) is 33.7 Å². The van der Waals surface area contributed by atoms with E-state index in [1.165, 1.54) is 24.3 Å². The number of carbonyl (C=O) groups is 2. The van der Waals surface area contributed by atoms with Gasteiger partial charge in [-0.15, -0.1) is 0 Å². The lowest BCUT2D eigenvalue weighted by atomic mass is 10.1. The molecular weight excluding hydrogens is 345 g/mol. The normalized spacial score (nSPS) is 12.0. The van der Waals surface area contributed by atoms with Crippen LogP contribution in [0.4, 0.5) is 15.8 Å². The first kappa shape index (κ1) is 20.6. The fourth-order valence-electron chi connectivity index (χ4n) is 2.90. The van der Waals surface area contributed by atoms with Crippen LogP contribution in [0.1, 0.15) is 23.6 Å². The summed E-state index contributed by atoms with van der Waals surface area (Å²) in [4.78, 5) is 26.4. The molecule has 0 saturated carbocycles. The van der Waals surface area contributed by atoms with E-state index in [1.54, 1.807) is 18.9 Å². The molecule has 2 aromatic rings. The van der Waals surface area contributed by atoms with Crippen LogP contribution in [0.3, 0.4) is 0 Å². The molecule has 0 radical (unpaired) electrons. The highest BCUT2D eigenvalue weighted by Gasteiger charge is 2.21. The van der Waals surface area contributed by atoms with Crippen LogP contribution in [-0.4, -0.2) is 36.3 Å². The average Bonchev–Trinajstić information content (AvgIpc) is 2.59. The Morgan fingerprint density at radius 2 is 1.59 bits per heavy atom. The summed E-state index contributed by atoms with van der Waals surface area (Å²) in [6.45, 7) is 7.72. The average molecular weight is 371 g/mol. The minimum atomic E-state index is -0.527. The molecule has 2 amide bonds. The molecular formula is C21H26FN3O2. The molecule has 2 aromatic carbocycles. The molecule has 2 N–H and O–H groups in total. The SMILES string of the molecule is Cc1cc(C)c(NC(=O)CN(C)[C@H](C)C(=O)Nc2ccc(F)cc2)c(C)c1. The number of hydrogen-bond donors (Lipinski definition) is 2. The molecule has 0 unspecified atom stereocenters. The second-order valence-corrected chi connectivity index (χ2v) is 6.91. The number of nitrogens with zero attached hydrogens (tertiary/aromatic N) is 1. The van der Waals surface area contributed by atoms with Crippen LogP contribution in [0.2, 0.25) is 0 Å². The summed E-state index contributed by atoms with van der Waals surface area (Å²) >= 11 is 0. The van der Waals surface area contributed by atoms with E-state index in [-0.39, 0.29) is 24.2 Å². The monoisotopic (exact) mass is 371 g/mol. The summed E-state index contributed by atoms with van der Waals surface area (Å²) in [6.07, 6.45) is 0. The van der Waals surface area contributed by atoms with Gasteiger partial charge in [0.2, 0.25) is 11.8 Å². The van der Waals surface area contributed by atoms with E-state index < -0.39 is 6.04 Å². The van der Waals surface area contributed by atoms with Crippen LogP contribution in [0.5, 0.6) is 0 Å². The highest BCUT2D eigenvalue weighted by Crippen LogP contribution is 2.21. The minimum absolute atomic E-state index is 0.0742. The van der Waals surface area contributed by atoms with Crippen molar-refractivity contribution in [2.24, 2.45) is 0 Å². The summed E-state index contributed by atoms with van der Waals surface area (Å²) in [6, 6.07) is 9.07. The molecule has 0 saturated heterocycles. The number of amides is 2. The summed E-state index contributed by atoms with van der Waals surface area (Å²) < 4.78 is 12.9. The van der Waals surface area contributed by atoms with Gasteiger partial charge in [-0.1, -0.05) is 17.7 Å². The van der Waals surface area contributed by atoms with Crippen molar-refractivity contribution in [2.75, 3.05) is 24.2 Å². The molecule has 0 heterocycles. The lowest BCUT2D eigenvalue weighted by Crippen LogP contribution is -2.43. The van der Waals surface area contributed by atoms with E-state index in [2.05, 4.69) is 10.6 Å². The molecule has 0 aliphatic heterocycles. The van der Waals surface area contributed by atoms with Gasteiger partial charge >= 0.3 is 0 Å². The number of benzene rings is 2. The van der Waals surface area contributed by atoms with Crippen LogP contribution < -0.4 is 10.6 Å². The lowest BCUT2D eigenvalue weighted by Gasteiger charge is -2.24. The Hall–Kier alpha value is -2.73. The molecule has 0 aromatic heterocycles. The van der Waals surface area contributed by atoms with Crippen molar-refractivity contribution in [3.05, 3.63) is 58.9 Å². The summed E-state index contributed by atoms with van der Waals surface area (Å²) in [5.41, 5.74) is 4.47. The topological polar surface area (TPSA) is 61.4 Å². The highest BCUT2D eigenvalue weighted by atomic mass is 19.1. The molecule has 0 spiro atoms. The van der Waals surface area contributed by atoms with Gasteiger partial charge in [0.1, 0.15) is 5.82 Å². The fraction of sp³-hybridized carbons (Fsp3) is 0.333. The predicted octanol–water partition coefficient (Wildman–Crippen LogP) is 3.65. The molecule has 144 valence electrons. The van der Waals surface area contributed by atoms with Crippen LogP contribution in [-0.2, 0) is 9.59 Å². The Kier molecular flexibility index (Phi) is 6.69.